The highest BCUT2D eigenvalue weighted by atomic mass is 19.4. The van der Waals surface area contributed by atoms with Crippen LogP contribution in [0.25, 0.3) is 5.76 Å². The number of alkyl halides is 3. The molecule has 1 fully saturated rings. The van der Waals surface area contributed by atoms with Gasteiger partial charge >= 0.3 is 6.18 Å². The molecule has 41 heavy (non-hydrogen) atoms. The van der Waals surface area contributed by atoms with Gasteiger partial charge in [0.25, 0.3) is 5.91 Å². The van der Waals surface area contributed by atoms with E-state index in [0.29, 0.717) is 11.1 Å². The predicted molar refractivity (Wildman–Crippen MR) is 142 cm³/mol. The summed E-state index contributed by atoms with van der Waals surface area (Å²) in [5.74, 6) is -7.40. The van der Waals surface area contributed by atoms with Crippen molar-refractivity contribution in [3.63, 3.8) is 0 Å². The fraction of sp³-hybridized carbons (Fsp3) is 0.552. The number of aryl methyl sites for hydroxylation is 1. The topological polar surface area (TPSA) is 161 Å². The van der Waals surface area contributed by atoms with Crippen LogP contribution in [0, 0.1) is 11.8 Å². The molecule has 0 spiro atoms. The first-order valence-electron chi connectivity index (χ1n) is 13.5. The second-order valence-electron chi connectivity index (χ2n) is 11.8. The van der Waals surface area contributed by atoms with Gasteiger partial charge in [-0.1, -0.05) is 19.9 Å². The Morgan fingerprint density at radius 2 is 1.80 bits per heavy atom. The van der Waals surface area contributed by atoms with Crippen molar-refractivity contribution in [2.75, 3.05) is 14.1 Å². The smallest absolute Gasteiger partial charge is 0.389 e. The summed E-state index contributed by atoms with van der Waals surface area (Å²) in [6.45, 7) is 3.77. The van der Waals surface area contributed by atoms with Crippen molar-refractivity contribution in [1.29, 1.82) is 0 Å². The molecule has 6 N–H and O–H groups in total. The Balaban J connectivity index is 1.87. The molecule has 1 amide bonds. The Morgan fingerprint density at radius 1 is 1.17 bits per heavy atom. The number of unbranched alkanes of at least 4 members (excludes halogenated alkanes) is 1. The van der Waals surface area contributed by atoms with Gasteiger partial charge in [-0.2, -0.15) is 13.2 Å². The summed E-state index contributed by atoms with van der Waals surface area (Å²) < 4.78 is 37.9. The van der Waals surface area contributed by atoms with Crippen LogP contribution in [0.15, 0.2) is 23.0 Å². The number of fused-ring (bicyclic) bond motifs is 3. The van der Waals surface area contributed by atoms with Gasteiger partial charge in [0.15, 0.2) is 11.4 Å². The van der Waals surface area contributed by atoms with Gasteiger partial charge in [0.2, 0.25) is 5.78 Å². The SMILES string of the molecule is CC(C)c1cc(CCCCC(F)(F)F)c(O)c2c1C[C@H]1C[C@H]3[C@H](N(C)C)C(=O)C(C(N)=O)=C(O)[C@@]3(O)C(=O)C1=C2O. The molecule has 0 radical (unpaired) electrons. The lowest BCUT2D eigenvalue weighted by atomic mass is 9.57. The van der Waals surface area contributed by atoms with Crippen LogP contribution in [0.3, 0.4) is 0 Å². The van der Waals surface area contributed by atoms with Gasteiger partial charge < -0.3 is 26.2 Å². The highest BCUT2D eigenvalue weighted by molar-refractivity contribution is 6.24. The summed E-state index contributed by atoms with van der Waals surface area (Å²) in [5, 5.41) is 45.3. The number of Topliss-reactive ketones (excluding diaryl/α,β-unsaturated/α-hetero) is 2. The number of phenols is 1. The minimum Gasteiger partial charge on any atom is -0.508 e. The number of aromatic hydroxyl groups is 1. The summed E-state index contributed by atoms with van der Waals surface area (Å²) in [6.07, 6.45) is -5.08. The lowest BCUT2D eigenvalue weighted by Gasteiger charge is -2.50. The Labute approximate surface area is 235 Å². The number of aliphatic hydroxyl groups is 3. The number of nitrogens with two attached hydrogens (primary N) is 1. The number of carbonyl (C=O) groups is 3. The van der Waals surface area contributed by atoms with E-state index in [2.05, 4.69) is 0 Å². The summed E-state index contributed by atoms with van der Waals surface area (Å²) in [4.78, 5) is 40.7. The highest BCUT2D eigenvalue weighted by Crippen LogP contribution is 2.53. The Kier molecular flexibility index (Phi) is 7.81. The van der Waals surface area contributed by atoms with E-state index in [4.69, 9.17) is 5.73 Å². The number of aliphatic hydroxyl groups excluding tert-OH is 2. The van der Waals surface area contributed by atoms with Gasteiger partial charge in [-0.3, -0.25) is 19.3 Å². The number of halogens is 3. The van der Waals surface area contributed by atoms with Crippen molar-refractivity contribution < 1.29 is 48.0 Å². The molecule has 0 aromatic heterocycles. The second-order valence-corrected chi connectivity index (χ2v) is 11.8. The third kappa shape index (κ3) is 4.90. The summed E-state index contributed by atoms with van der Waals surface area (Å²) in [6, 6.07) is 0.538. The van der Waals surface area contributed by atoms with Crippen LogP contribution in [-0.2, 0) is 27.2 Å². The molecular weight excluding hydrogens is 545 g/mol. The molecule has 9 nitrogen and oxygen atoms in total. The third-order valence-electron chi connectivity index (χ3n) is 8.61. The van der Waals surface area contributed by atoms with Gasteiger partial charge in [0.1, 0.15) is 22.8 Å². The zero-order valence-electron chi connectivity index (χ0n) is 23.3. The minimum atomic E-state index is -4.30. The number of carbonyl (C=O) groups excluding carboxylic acids is 3. The van der Waals surface area contributed by atoms with Gasteiger partial charge in [0.05, 0.1) is 11.6 Å². The van der Waals surface area contributed by atoms with Crippen molar-refractivity contribution >= 4 is 23.2 Å². The first-order valence-corrected chi connectivity index (χ1v) is 13.5. The number of phenolic OH excluding ortho intramolecular Hbond substituents is 1. The van der Waals surface area contributed by atoms with Gasteiger partial charge in [-0.25, -0.2) is 0 Å². The standard InChI is InChI=1S/C29H35F3N2O7/c1-12(2)15-9-13(7-5-6-8-28(30,31)32)22(35)19-16(15)10-14-11-17-21(34(3)4)24(37)20(27(33)40)26(39)29(17,41)25(38)18(14)23(19)36/h9,12,14,17,21,35-36,39,41H,5-8,10-11H2,1-4H3,(H2,33,40)/t14-,17-,21-,29-/m0/s1. The van der Waals surface area contributed by atoms with Crippen LogP contribution < -0.4 is 5.73 Å². The number of rotatable bonds is 7. The Bertz CT molecular complexity index is 1380. The summed E-state index contributed by atoms with van der Waals surface area (Å²) in [5.41, 5.74) is 3.01. The van der Waals surface area contributed by atoms with Gasteiger partial charge in [-0.15, -0.1) is 0 Å². The quantitative estimate of drug-likeness (QED) is 0.242. The van der Waals surface area contributed by atoms with E-state index in [1.807, 2.05) is 13.8 Å². The lowest BCUT2D eigenvalue weighted by Crippen LogP contribution is -2.65. The Hall–Kier alpha value is -3.38. The van der Waals surface area contributed by atoms with E-state index in [9.17, 15) is 48.0 Å². The molecule has 1 aromatic rings. The molecule has 1 aromatic carbocycles. The molecule has 0 aliphatic heterocycles. The van der Waals surface area contributed by atoms with Crippen molar-refractivity contribution in [2.45, 2.75) is 76.1 Å². The number of hydrogen-bond donors (Lipinski definition) is 5. The predicted octanol–water partition coefficient (Wildman–Crippen LogP) is 3.36. The third-order valence-corrected chi connectivity index (χ3v) is 8.61. The molecule has 224 valence electrons. The maximum absolute atomic E-state index is 14.0. The van der Waals surface area contributed by atoms with E-state index in [-0.39, 0.29) is 54.9 Å². The second kappa shape index (κ2) is 10.5. The first-order chi connectivity index (χ1) is 18.9. The van der Waals surface area contributed by atoms with E-state index < -0.39 is 70.6 Å². The zero-order valence-corrected chi connectivity index (χ0v) is 23.3. The van der Waals surface area contributed by atoms with Gasteiger partial charge in [-0.05, 0) is 74.7 Å². The number of ketones is 2. The van der Waals surface area contributed by atoms with E-state index in [1.165, 1.54) is 19.0 Å². The lowest BCUT2D eigenvalue weighted by molar-refractivity contribution is -0.153. The number of nitrogens with zero attached hydrogens (tertiary/aromatic N) is 1. The van der Waals surface area contributed by atoms with Crippen molar-refractivity contribution in [1.82, 2.24) is 4.90 Å². The van der Waals surface area contributed by atoms with E-state index in [1.54, 1.807) is 6.07 Å². The fourth-order valence-electron chi connectivity index (χ4n) is 6.74. The zero-order chi connectivity index (χ0) is 30.8. The highest BCUT2D eigenvalue weighted by Gasteiger charge is 2.64. The number of primary amides is 1. The van der Waals surface area contributed by atoms with Crippen molar-refractivity contribution in [3.05, 3.63) is 45.2 Å². The van der Waals surface area contributed by atoms with E-state index >= 15 is 0 Å². The minimum absolute atomic E-state index is 0.0246. The van der Waals surface area contributed by atoms with Crippen molar-refractivity contribution in [2.24, 2.45) is 17.6 Å². The number of amides is 1. The fourth-order valence-corrected chi connectivity index (χ4v) is 6.74. The van der Waals surface area contributed by atoms with Crippen LogP contribution in [0.1, 0.15) is 67.7 Å². The van der Waals surface area contributed by atoms with E-state index in [0.717, 1.165) is 5.56 Å². The monoisotopic (exact) mass is 580 g/mol. The number of likely N-dealkylation sites (N-methyl/N-ethyl adjacent to an activating group) is 1. The first kappa shape index (κ1) is 30.6. The van der Waals surface area contributed by atoms with Crippen LogP contribution in [0.4, 0.5) is 13.2 Å². The van der Waals surface area contributed by atoms with Crippen LogP contribution in [0.2, 0.25) is 0 Å². The van der Waals surface area contributed by atoms with Crippen LogP contribution >= 0.6 is 0 Å². The molecule has 0 heterocycles. The average Bonchev–Trinajstić information content (AvgIpc) is 2.83. The molecule has 1 saturated carbocycles. The van der Waals surface area contributed by atoms with Crippen molar-refractivity contribution in [3.8, 4) is 5.75 Å². The number of hydrogen-bond acceptors (Lipinski definition) is 8. The molecule has 4 rings (SSSR count). The number of benzene rings is 1. The average molecular weight is 581 g/mol. The van der Waals surface area contributed by atoms with Gasteiger partial charge in [0, 0.05) is 17.9 Å². The summed E-state index contributed by atoms with van der Waals surface area (Å²) >= 11 is 0. The van der Waals surface area contributed by atoms with Crippen LogP contribution in [-0.4, -0.2) is 74.7 Å². The maximum atomic E-state index is 14.0. The molecule has 3 aliphatic rings. The summed E-state index contributed by atoms with van der Waals surface area (Å²) in [7, 11) is 3.05. The molecular formula is C29H35F3N2O7. The van der Waals surface area contributed by atoms with Crippen LogP contribution in [0.5, 0.6) is 5.75 Å². The maximum Gasteiger partial charge on any atom is 0.389 e. The molecule has 3 aliphatic carbocycles. The molecule has 0 unspecified atom stereocenters. The normalized spacial score (nSPS) is 26.4. The molecule has 4 atom stereocenters. The molecule has 12 heteroatoms. The largest absolute Gasteiger partial charge is 0.508 e. The molecule has 0 bridgehead atoms. The Morgan fingerprint density at radius 3 is 2.34 bits per heavy atom. The molecule has 0 saturated heterocycles.